The number of carbonyl (C=O) groups excluding carboxylic acids is 2. The molecule has 0 unspecified atom stereocenters. The monoisotopic (exact) mass is 298 g/mol. The second-order valence-electron chi connectivity index (χ2n) is 4.83. The van der Waals surface area contributed by atoms with E-state index in [4.69, 9.17) is 4.74 Å². The van der Waals surface area contributed by atoms with Gasteiger partial charge in [-0.25, -0.2) is 4.79 Å². The van der Waals surface area contributed by atoms with Gasteiger partial charge >= 0.3 is 6.09 Å². The summed E-state index contributed by atoms with van der Waals surface area (Å²) < 4.78 is 5.02. The molecule has 5 nitrogen and oxygen atoms in total. The molecular weight excluding hydrogens is 280 g/mol. The van der Waals surface area contributed by atoms with Gasteiger partial charge in [-0.2, -0.15) is 0 Å². The van der Waals surface area contributed by atoms with Crippen LogP contribution in [0.2, 0.25) is 0 Å². The summed E-state index contributed by atoms with van der Waals surface area (Å²) in [4.78, 5) is 23.2. The van der Waals surface area contributed by atoms with Crippen LogP contribution in [0.15, 0.2) is 54.6 Å². The van der Waals surface area contributed by atoms with Crippen molar-refractivity contribution in [1.29, 1.82) is 0 Å². The maximum Gasteiger partial charge on any atom is 0.407 e. The lowest BCUT2D eigenvalue weighted by atomic mass is 10.2. The van der Waals surface area contributed by atoms with Crippen LogP contribution in [0.4, 0.5) is 10.5 Å². The van der Waals surface area contributed by atoms with E-state index in [9.17, 15) is 9.59 Å². The van der Waals surface area contributed by atoms with E-state index in [1.807, 2.05) is 55.5 Å². The molecule has 0 fully saturated rings. The highest BCUT2D eigenvalue weighted by Gasteiger charge is 2.07. The molecular formula is C17H18N2O3. The fraction of sp³-hybridized carbons (Fsp3) is 0.176. The Labute approximate surface area is 129 Å². The largest absolute Gasteiger partial charge is 0.445 e. The molecule has 0 spiro atoms. The van der Waals surface area contributed by atoms with E-state index >= 15 is 0 Å². The highest BCUT2D eigenvalue weighted by atomic mass is 16.5. The predicted molar refractivity (Wildman–Crippen MR) is 84.4 cm³/mol. The third kappa shape index (κ3) is 5.28. The lowest BCUT2D eigenvalue weighted by Crippen LogP contribution is -2.33. The quantitative estimate of drug-likeness (QED) is 0.892. The van der Waals surface area contributed by atoms with E-state index < -0.39 is 6.09 Å². The minimum atomic E-state index is -0.622. The number of alkyl carbamates (subject to hydrolysis) is 1. The molecule has 0 saturated carbocycles. The number of benzene rings is 2. The number of hydrogen-bond donors (Lipinski definition) is 2. The van der Waals surface area contributed by atoms with Crippen LogP contribution < -0.4 is 10.6 Å². The van der Waals surface area contributed by atoms with Crippen LogP contribution in [0.3, 0.4) is 0 Å². The number of rotatable bonds is 5. The molecule has 5 heteroatoms. The van der Waals surface area contributed by atoms with Crippen LogP contribution in [0, 0.1) is 6.92 Å². The number of aryl methyl sites for hydroxylation is 1. The predicted octanol–water partition coefficient (Wildman–Crippen LogP) is 2.86. The van der Waals surface area contributed by atoms with Crippen molar-refractivity contribution in [2.24, 2.45) is 0 Å². The Kier molecular flexibility index (Phi) is 5.54. The molecule has 0 aliphatic rings. The molecule has 0 aliphatic heterocycles. The topological polar surface area (TPSA) is 67.4 Å². The van der Waals surface area contributed by atoms with E-state index in [-0.39, 0.29) is 19.1 Å². The lowest BCUT2D eigenvalue weighted by molar-refractivity contribution is -0.115. The molecule has 2 aromatic carbocycles. The van der Waals surface area contributed by atoms with Crippen LogP contribution in [0.1, 0.15) is 11.1 Å². The van der Waals surface area contributed by atoms with E-state index in [2.05, 4.69) is 10.6 Å². The maximum absolute atomic E-state index is 11.7. The molecule has 0 radical (unpaired) electrons. The van der Waals surface area contributed by atoms with Gasteiger partial charge in [0, 0.05) is 5.69 Å². The van der Waals surface area contributed by atoms with Gasteiger partial charge in [-0.1, -0.05) is 42.5 Å². The summed E-state index contributed by atoms with van der Waals surface area (Å²) in [7, 11) is 0. The van der Waals surface area contributed by atoms with Crippen LogP contribution in [-0.4, -0.2) is 18.5 Å². The first-order chi connectivity index (χ1) is 10.6. The van der Waals surface area contributed by atoms with Gasteiger partial charge < -0.3 is 15.4 Å². The summed E-state index contributed by atoms with van der Waals surface area (Å²) >= 11 is 0. The lowest BCUT2D eigenvalue weighted by Gasteiger charge is -2.08. The SMILES string of the molecule is Cc1cccc(NC(=O)CNC(=O)OCc2ccccc2)c1. The van der Waals surface area contributed by atoms with Gasteiger partial charge in [0.15, 0.2) is 0 Å². The van der Waals surface area contributed by atoms with Gasteiger partial charge in [0.25, 0.3) is 0 Å². The van der Waals surface area contributed by atoms with Gasteiger partial charge in [0.1, 0.15) is 13.2 Å². The van der Waals surface area contributed by atoms with Gasteiger partial charge in [0.05, 0.1) is 0 Å². The zero-order chi connectivity index (χ0) is 15.8. The van der Waals surface area contributed by atoms with Crippen molar-refractivity contribution < 1.29 is 14.3 Å². The molecule has 22 heavy (non-hydrogen) atoms. The molecule has 2 N–H and O–H groups in total. The molecule has 2 aromatic rings. The van der Waals surface area contributed by atoms with Crippen molar-refractivity contribution >= 4 is 17.7 Å². The van der Waals surface area contributed by atoms with Crippen molar-refractivity contribution in [2.45, 2.75) is 13.5 Å². The van der Waals surface area contributed by atoms with E-state index in [1.165, 1.54) is 0 Å². The van der Waals surface area contributed by atoms with Gasteiger partial charge in [0.2, 0.25) is 5.91 Å². The fourth-order valence-corrected chi connectivity index (χ4v) is 1.85. The Hall–Kier alpha value is -2.82. The first-order valence-electron chi connectivity index (χ1n) is 6.94. The average molecular weight is 298 g/mol. The molecule has 114 valence electrons. The highest BCUT2D eigenvalue weighted by molar-refractivity contribution is 5.93. The molecule has 0 atom stereocenters. The minimum absolute atomic E-state index is 0.137. The normalized spacial score (nSPS) is 9.86. The molecule has 0 aliphatic carbocycles. The van der Waals surface area contributed by atoms with Crippen molar-refractivity contribution in [3.05, 3.63) is 65.7 Å². The maximum atomic E-state index is 11.7. The van der Waals surface area contributed by atoms with Crippen LogP contribution in [0.25, 0.3) is 0 Å². The minimum Gasteiger partial charge on any atom is -0.445 e. The molecule has 2 amide bonds. The van der Waals surface area contributed by atoms with E-state index in [0.717, 1.165) is 11.1 Å². The number of amides is 2. The average Bonchev–Trinajstić information content (AvgIpc) is 2.52. The number of carbonyl (C=O) groups is 2. The van der Waals surface area contributed by atoms with Crippen LogP contribution in [0.5, 0.6) is 0 Å². The van der Waals surface area contributed by atoms with Gasteiger partial charge in [-0.3, -0.25) is 4.79 Å². The third-order valence-corrected chi connectivity index (χ3v) is 2.91. The van der Waals surface area contributed by atoms with Gasteiger partial charge in [-0.15, -0.1) is 0 Å². The van der Waals surface area contributed by atoms with Crippen molar-refractivity contribution in [2.75, 3.05) is 11.9 Å². The number of hydrogen-bond acceptors (Lipinski definition) is 3. The Balaban J connectivity index is 1.70. The summed E-state index contributed by atoms with van der Waals surface area (Å²) in [5.41, 5.74) is 2.64. The van der Waals surface area contributed by atoms with Crippen LogP contribution in [-0.2, 0) is 16.1 Å². The van der Waals surface area contributed by atoms with Gasteiger partial charge in [-0.05, 0) is 30.2 Å². The summed E-state index contributed by atoms with van der Waals surface area (Å²) in [5, 5.41) is 5.12. The summed E-state index contributed by atoms with van der Waals surface area (Å²) in [6.07, 6.45) is -0.622. The zero-order valence-electron chi connectivity index (χ0n) is 12.3. The first-order valence-corrected chi connectivity index (χ1v) is 6.94. The second kappa shape index (κ2) is 7.83. The molecule has 2 rings (SSSR count). The van der Waals surface area contributed by atoms with Crippen LogP contribution >= 0.6 is 0 Å². The fourth-order valence-electron chi connectivity index (χ4n) is 1.85. The summed E-state index contributed by atoms with van der Waals surface area (Å²) in [6, 6.07) is 16.8. The third-order valence-electron chi connectivity index (χ3n) is 2.91. The molecule has 0 aromatic heterocycles. The van der Waals surface area contributed by atoms with E-state index in [0.29, 0.717) is 5.69 Å². The Morgan fingerprint density at radius 2 is 1.82 bits per heavy atom. The molecule has 0 saturated heterocycles. The zero-order valence-corrected chi connectivity index (χ0v) is 12.3. The Morgan fingerprint density at radius 3 is 2.55 bits per heavy atom. The second-order valence-corrected chi connectivity index (χ2v) is 4.83. The number of ether oxygens (including phenoxy) is 1. The smallest absolute Gasteiger partial charge is 0.407 e. The first kappa shape index (κ1) is 15.6. The molecule has 0 bridgehead atoms. The Morgan fingerprint density at radius 1 is 1.05 bits per heavy atom. The number of anilines is 1. The molecule has 0 heterocycles. The summed E-state index contributed by atoms with van der Waals surface area (Å²) in [5.74, 6) is -0.303. The summed E-state index contributed by atoms with van der Waals surface area (Å²) in [6.45, 7) is 1.97. The van der Waals surface area contributed by atoms with Crippen molar-refractivity contribution in [3.63, 3.8) is 0 Å². The van der Waals surface area contributed by atoms with Crippen molar-refractivity contribution in [3.8, 4) is 0 Å². The Bertz CT molecular complexity index is 641. The number of nitrogens with one attached hydrogen (secondary N) is 2. The highest BCUT2D eigenvalue weighted by Crippen LogP contribution is 2.08. The van der Waals surface area contributed by atoms with E-state index in [1.54, 1.807) is 6.07 Å². The standard InChI is InChI=1S/C17H18N2O3/c1-13-6-5-9-15(10-13)19-16(20)11-18-17(21)22-12-14-7-3-2-4-8-14/h2-10H,11-12H2,1H3,(H,18,21)(H,19,20). The van der Waals surface area contributed by atoms with Crippen molar-refractivity contribution in [1.82, 2.24) is 5.32 Å².